The van der Waals surface area contributed by atoms with Gasteiger partial charge in [-0.25, -0.2) is 22.8 Å². The number of halogens is 1. The highest BCUT2D eigenvalue weighted by Gasteiger charge is 2.31. The van der Waals surface area contributed by atoms with E-state index in [2.05, 4.69) is 9.97 Å². The van der Waals surface area contributed by atoms with E-state index in [0.29, 0.717) is 56.7 Å². The first kappa shape index (κ1) is 23.9. The molecular formula is C24H27FN4O4S. The smallest absolute Gasteiger partial charge is 0.246 e. The Morgan fingerprint density at radius 3 is 2.29 bits per heavy atom. The lowest BCUT2D eigenvalue weighted by Crippen LogP contribution is -2.49. The fraction of sp³-hybridized carbons (Fsp3) is 0.333. The van der Waals surface area contributed by atoms with Gasteiger partial charge in [-0.2, -0.15) is 4.31 Å². The van der Waals surface area contributed by atoms with E-state index in [9.17, 15) is 12.8 Å². The number of nitrogens with zero attached hydrogens (tertiary/aromatic N) is 4. The number of ether oxygens (including phenoxy) is 2. The zero-order valence-corrected chi connectivity index (χ0v) is 20.0. The van der Waals surface area contributed by atoms with Gasteiger partial charge in [-0.3, -0.25) is 0 Å². The molecule has 0 atom stereocenters. The van der Waals surface area contributed by atoms with Gasteiger partial charge in [-0.15, -0.1) is 0 Å². The first-order valence-electron chi connectivity index (χ1n) is 11.1. The summed E-state index contributed by atoms with van der Waals surface area (Å²) in [4.78, 5) is 10.8. The van der Waals surface area contributed by atoms with Gasteiger partial charge >= 0.3 is 0 Å². The van der Waals surface area contributed by atoms with E-state index in [1.165, 1.54) is 28.8 Å². The molecule has 1 saturated heterocycles. The van der Waals surface area contributed by atoms with Crippen LogP contribution in [-0.2, 0) is 10.0 Å². The number of hydrogen-bond donors (Lipinski definition) is 0. The van der Waals surface area contributed by atoms with Crippen molar-refractivity contribution >= 4 is 15.8 Å². The second-order valence-electron chi connectivity index (χ2n) is 7.63. The monoisotopic (exact) mass is 486 g/mol. The van der Waals surface area contributed by atoms with Crippen LogP contribution in [0.25, 0.3) is 11.3 Å². The third kappa shape index (κ3) is 5.13. The maximum absolute atomic E-state index is 13.4. The first-order valence-corrected chi connectivity index (χ1v) is 12.6. The van der Waals surface area contributed by atoms with Crippen LogP contribution in [0, 0.1) is 5.82 Å². The molecule has 0 saturated carbocycles. The van der Waals surface area contributed by atoms with Crippen molar-refractivity contribution in [3.8, 4) is 22.8 Å². The Bertz CT molecular complexity index is 1230. The maximum atomic E-state index is 13.4. The highest BCUT2D eigenvalue weighted by molar-refractivity contribution is 7.89. The Balaban J connectivity index is 1.49. The van der Waals surface area contributed by atoms with Crippen LogP contribution in [0.4, 0.5) is 10.2 Å². The number of aromatic nitrogens is 2. The largest absolute Gasteiger partial charge is 0.494 e. The molecule has 34 heavy (non-hydrogen) atoms. The van der Waals surface area contributed by atoms with Crippen LogP contribution in [-0.4, -0.2) is 62.1 Å². The summed E-state index contributed by atoms with van der Waals surface area (Å²) in [6.07, 6.45) is 1.46. The standard InChI is InChI=1S/C24H27FN4O4S/c1-3-32-20-9-10-23(22(15-20)33-4-2)34(30,31)29-13-11-28(12-14-29)24-16-21(26-17-27-24)18-5-7-19(25)8-6-18/h5-10,15-17H,3-4,11-14H2,1-2H3. The fourth-order valence-electron chi connectivity index (χ4n) is 3.82. The quantitative estimate of drug-likeness (QED) is 0.481. The average Bonchev–Trinajstić information content (AvgIpc) is 2.85. The Kier molecular flexibility index (Phi) is 7.28. The summed E-state index contributed by atoms with van der Waals surface area (Å²) in [5.74, 6) is 1.24. The van der Waals surface area contributed by atoms with Crippen LogP contribution in [0.1, 0.15) is 13.8 Å². The van der Waals surface area contributed by atoms with E-state index in [1.54, 1.807) is 24.3 Å². The topological polar surface area (TPSA) is 84.9 Å². The van der Waals surface area contributed by atoms with Gasteiger partial charge in [0.25, 0.3) is 0 Å². The predicted octanol–water partition coefficient (Wildman–Crippen LogP) is 3.59. The van der Waals surface area contributed by atoms with Crippen molar-refractivity contribution in [2.45, 2.75) is 18.7 Å². The van der Waals surface area contributed by atoms with Crippen molar-refractivity contribution in [3.63, 3.8) is 0 Å². The van der Waals surface area contributed by atoms with Gasteiger partial charge in [0.1, 0.15) is 34.4 Å². The molecule has 0 bridgehead atoms. The molecule has 1 aromatic heterocycles. The van der Waals surface area contributed by atoms with Crippen molar-refractivity contribution in [2.24, 2.45) is 0 Å². The third-order valence-electron chi connectivity index (χ3n) is 5.50. The van der Waals surface area contributed by atoms with Crippen LogP contribution in [0.2, 0.25) is 0 Å². The van der Waals surface area contributed by atoms with Crippen LogP contribution in [0.5, 0.6) is 11.5 Å². The minimum Gasteiger partial charge on any atom is -0.494 e. The zero-order valence-electron chi connectivity index (χ0n) is 19.1. The highest BCUT2D eigenvalue weighted by atomic mass is 32.2. The molecule has 180 valence electrons. The number of piperazine rings is 1. The summed E-state index contributed by atoms with van der Waals surface area (Å²) in [5.41, 5.74) is 1.46. The summed E-state index contributed by atoms with van der Waals surface area (Å²) >= 11 is 0. The first-order chi connectivity index (χ1) is 16.4. The van der Waals surface area contributed by atoms with Crippen molar-refractivity contribution in [1.82, 2.24) is 14.3 Å². The Hall–Kier alpha value is -3.24. The van der Waals surface area contributed by atoms with Gasteiger partial charge in [0.15, 0.2) is 0 Å². The number of hydrogen-bond acceptors (Lipinski definition) is 7. The van der Waals surface area contributed by atoms with Crippen molar-refractivity contribution in [3.05, 3.63) is 60.7 Å². The predicted molar refractivity (Wildman–Crippen MR) is 127 cm³/mol. The highest BCUT2D eigenvalue weighted by Crippen LogP contribution is 2.32. The molecule has 1 aliphatic rings. The number of sulfonamides is 1. The average molecular weight is 487 g/mol. The molecule has 3 aromatic rings. The van der Waals surface area contributed by atoms with E-state index in [4.69, 9.17) is 9.47 Å². The second kappa shape index (κ2) is 10.4. The minimum atomic E-state index is -3.75. The summed E-state index contributed by atoms with van der Waals surface area (Å²) in [7, 11) is -3.75. The second-order valence-corrected chi connectivity index (χ2v) is 9.54. The molecule has 4 rings (SSSR count). The van der Waals surface area contributed by atoms with E-state index in [-0.39, 0.29) is 16.5 Å². The molecule has 0 spiro atoms. The number of benzene rings is 2. The maximum Gasteiger partial charge on any atom is 0.246 e. The normalized spacial score (nSPS) is 14.7. The van der Waals surface area contributed by atoms with Gasteiger partial charge in [-0.05, 0) is 50.2 Å². The van der Waals surface area contributed by atoms with Gasteiger partial charge in [0.05, 0.1) is 18.9 Å². The molecule has 0 N–H and O–H groups in total. The van der Waals surface area contributed by atoms with Crippen LogP contribution >= 0.6 is 0 Å². The van der Waals surface area contributed by atoms with E-state index < -0.39 is 10.0 Å². The van der Waals surface area contributed by atoms with Gasteiger partial charge in [-0.1, -0.05) is 0 Å². The Morgan fingerprint density at radius 2 is 1.62 bits per heavy atom. The molecule has 10 heteroatoms. The molecule has 1 fully saturated rings. The molecule has 2 aromatic carbocycles. The van der Waals surface area contributed by atoms with E-state index >= 15 is 0 Å². The molecular weight excluding hydrogens is 459 g/mol. The Labute approximate surface area is 199 Å². The zero-order chi connectivity index (χ0) is 24.1. The van der Waals surface area contributed by atoms with Gasteiger partial charge < -0.3 is 14.4 Å². The SMILES string of the molecule is CCOc1ccc(S(=O)(=O)N2CCN(c3cc(-c4ccc(F)cc4)ncn3)CC2)c(OCC)c1. The molecule has 0 amide bonds. The van der Waals surface area contributed by atoms with E-state index in [0.717, 1.165) is 5.56 Å². The molecule has 2 heterocycles. The van der Waals surface area contributed by atoms with Crippen molar-refractivity contribution in [1.29, 1.82) is 0 Å². The van der Waals surface area contributed by atoms with E-state index in [1.807, 2.05) is 24.8 Å². The lowest BCUT2D eigenvalue weighted by molar-refractivity contribution is 0.314. The van der Waals surface area contributed by atoms with Crippen LogP contribution < -0.4 is 14.4 Å². The van der Waals surface area contributed by atoms with Crippen molar-refractivity contribution < 1.29 is 22.3 Å². The molecule has 0 aliphatic carbocycles. The third-order valence-corrected chi connectivity index (χ3v) is 7.44. The molecule has 1 aliphatic heterocycles. The lowest BCUT2D eigenvalue weighted by atomic mass is 10.1. The molecule has 0 radical (unpaired) electrons. The van der Waals surface area contributed by atoms with Crippen molar-refractivity contribution in [2.75, 3.05) is 44.3 Å². The molecule has 8 nitrogen and oxygen atoms in total. The van der Waals surface area contributed by atoms with Gasteiger partial charge in [0.2, 0.25) is 10.0 Å². The summed E-state index contributed by atoms with van der Waals surface area (Å²) < 4.78 is 52.6. The number of anilines is 1. The van der Waals surface area contributed by atoms with Gasteiger partial charge in [0, 0.05) is 43.9 Å². The van der Waals surface area contributed by atoms with Crippen LogP contribution in [0.3, 0.4) is 0 Å². The number of rotatable bonds is 8. The molecule has 0 unspecified atom stereocenters. The Morgan fingerprint density at radius 1 is 0.912 bits per heavy atom. The summed E-state index contributed by atoms with van der Waals surface area (Å²) in [6.45, 7) is 6.05. The minimum absolute atomic E-state index is 0.131. The fourth-order valence-corrected chi connectivity index (χ4v) is 5.36. The summed E-state index contributed by atoms with van der Waals surface area (Å²) in [5, 5.41) is 0. The van der Waals surface area contributed by atoms with Crippen LogP contribution in [0.15, 0.2) is 59.8 Å². The summed E-state index contributed by atoms with van der Waals surface area (Å²) in [6, 6.07) is 12.7. The lowest BCUT2D eigenvalue weighted by Gasteiger charge is -2.35.